The maximum atomic E-state index is 12.1. The standard InChI is InChI=1S/C12H24N4O/c1-9-4-3-5-10(2)16(9)15-12(17)11-8-13-6-7-14-11/h9-11,13-14H,3-8H2,1-2H3,(H,15,17). The summed E-state index contributed by atoms with van der Waals surface area (Å²) in [6.07, 6.45) is 3.60. The third kappa shape index (κ3) is 3.18. The lowest BCUT2D eigenvalue weighted by molar-refractivity contribution is -0.131. The number of piperidine rings is 1. The van der Waals surface area contributed by atoms with E-state index >= 15 is 0 Å². The number of piperazine rings is 1. The van der Waals surface area contributed by atoms with Gasteiger partial charge >= 0.3 is 0 Å². The van der Waals surface area contributed by atoms with Crippen LogP contribution in [0.15, 0.2) is 0 Å². The molecule has 2 rings (SSSR count). The Bertz CT molecular complexity index is 255. The predicted molar refractivity (Wildman–Crippen MR) is 67.4 cm³/mol. The second kappa shape index (κ2) is 5.80. The van der Waals surface area contributed by atoms with Crippen molar-refractivity contribution in [2.24, 2.45) is 0 Å². The van der Waals surface area contributed by atoms with Gasteiger partial charge in [-0.3, -0.25) is 10.2 Å². The van der Waals surface area contributed by atoms with Crippen LogP contribution >= 0.6 is 0 Å². The molecule has 3 atom stereocenters. The van der Waals surface area contributed by atoms with Gasteiger partial charge in [0.15, 0.2) is 0 Å². The Morgan fingerprint density at radius 1 is 1.24 bits per heavy atom. The fraction of sp³-hybridized carbons (Fsp3) is 0.917. The van der Waals surface area contributed by atoms with Crippen molar-refractivity contribution in [1.82, 2.24) is 21.1 Å². The molecule has 1 amide bonds. The average Bonchev–Trinajstić information content (AvgIpc) is 2.35. The van der Waals surface area contributed by atoms with Gasteiger partial charge in [0.05, 0.1) is 0 Å². The van der Waals surface area contributed by atoms with Gasteiger partial charge in [0.1, 0.15) is 6.04 Å². The minimum absolute atomic E-state index is 0.0925. The molecule has 5 nitrogen and oxygen atoms in total. The molecule has 3 unspecified atom stereocenters. The highest BCUT2D eigenvalue weighted by molar-refractivity contribution is 5.81. The van der Waals surface area contributed by atoms with Crippen LogP contribution in [0.25, 0.3) is 0 Å². The first kappa shape index (κ1) is 12.8. The average molecular weight is 240 g/mol. The molecule has 98 valence electrons. The highest BCUT2D eigenvalue weighted by Gasteiger charge is 2.29. The van der Waals surface area contributed by atoms with E-state index in [2.05, 4.69) is 34.9 Å². The molecule has 17 heavy (non-hydrogen) atoms. The van der Waals surface area contributed by atoms with E-state index in [9.17, 15) is 4.79 Å². The van der Waals surface area contributed by atoms with Gasteiger partial charge in [-0.05, 0) is 26.7 Å². The van der Waals surface area contributed by atoms with E-state index in [1.54, 1.807) is 0 Å². The van der Waals surface area contributed by atoms with Crippen LogP contribution in [-0.4, -0.2) is 48.7 Å². The largest absolute Gasteiger partial charge is 0.313 e. The zero-order valence-corrected chi connectivity index (χ0v) is 10.8. The van der Waals surface area contributed by atoms with Crippen molar-refractivity contribution in [2.45, 2.75) is 51.2 Å². The number of nitrogens with one attached hydrogen (secondary N) is 3. The Kier molecular flexibility index (Phi) is 4.36. The molecule has 0 spiro atoms. The summed E-state index contributed by atoms with van der Waals surface area (Å²) < 4.78 is 0. The topological polar surface area (TPSA) is 56.4 Å². The second-order valence-corrected chi connectivity index (χ2v) is 5.22. The molecule has 2 fully saturated rings. The molecular formula is C12H24N4O. The Hall–Kier alpha value is -0.650. The molecule has 0 aromatic carbocycles. The molecule has 0 aliphatic carbocycles. The molecule has 0 bridgehead atoms. The third-order valence-electron chi connectivity index (χ3n) is 3.79. The zero-order valence-electron chi connectivity index (χ0n) is 10.8. The molecule has 2 aliphatic heterocycles. The fourth-order valence-electron chi connectivity index (χ4n) is 2.69. The summed E-state index contributed by atoms with van der Waals surface area (Å²) in [6, 6.07) is 0.795. The Morgan fingerprint density at radius 3 is 2.53 bits per heavy atom. The maximum Gasteiger partial charge on any atom is 0.252 e. The van der Waals surface area contributed by atoms with Gasteiger partial charge < -0.3 is 10.6 Å². The molecular weight excluding hydrogens is 216 g/mol. The number of hydrazine groups is 1. The summed E-state index contributed by atoms with van der Waals surface area (Å²) in [5, 5.41) is 8.60. The highest BCUT2D eigenvalue weighted by atomic mass is 16.2. The number of nitrogens with zero attached hydrogens (tertiary/aromatic N) is 1. The molecule has 0 aromatic heterocycles. The Morgan fingerprint density at radius 2 is 1.94 bits per heavy atom. The summed E-state index contributed by atoms with van der Waals surface area (Å²) in [6.45, 7) is 6.90. The molecule has 0 radical (unpaired) electrons. The van der Waals surface area contributed by atoms with Crippen LogP contribution in [0, 0.1) is 0 Å². The van der Waals surface area contributed by atoms with Crippen molar-refractivity contribution in [3.8, 4) is 0 Å². The molecule has 2 heterocycles. The predicted octanol–water partition coefficient (Wildman–Crippen LogP) is -0.158. The van der Waals surface area contributed by atoms with Gasteiger partial charge in [0.2, 0.25) is 0 Å². The Labute approximate surface area is 103 Å². The molecule has 5 heteroatoms. The smallest absolute Gasteiger partial charge is 0.252 e. The maximum absolute atomic E-state index is 12.1. The first-order chi connectivity index (χ1) is 8.18. The van der Waals surface area contributed by atoms with E-state index in [4.69, 9.17) is 0 Å². The lowest BCUT2D eigenvalue weighted by Gasteiger charge is -2.39. The van der Waals surface area contributed by atoms with Gasteiger partial charge in [-0.15, -0.1) is 0 Å². The summed E-state index contributed by atoms with van der Waals surface area (Å²) in [5.74, 6) is 0.0952. The molecule has 0 aromatic rings. The summed E-state index contributed by atoms with van der Waals surface area (Å²) in [5.41, 5.74) is 3.08. The summed E-state index contributed by atoms with van der Waals surface area (Å²) in [7, 11) is 0. The molecule has 0 saturated carbocycles. The van der Waals surface area contributed by atoms with E-state index in [1.165, 1.54) is 19.3 Å². The number of hydrogen-bond acceptors (Lipinski definition) is 4. The third-order valence-corrected chi connectivity index (χ3v) is 3.79. The lowest BCUT2D eigenvalue weighted by Crippen LogP contribution is -2.61. The highest BCUT2D eigenvalue weighted by Crippen LogP contribution is 2.20. The minimum Gasteiger partial charge on any atom is -0.313 e. The van der Waals surface area contributed by atoms with Crippen LogP contribution in [-0.2, 0) is 4.79 Å². The zero-order chi connectivity index (χ0) is 12.3. The van der Waals surface area contributed by atoms with Crippen LogP contribution in [0.3, 0.4) is 0 Å². The van der Waals surface area contributed by atoms with Crippen molar-refractivity contribution < 1.29 is 4.79 Å². The molecule has 2 saturated heterocycles. The second-order valence-electron chi connectivity index (χ2n) is 5.22. The first-order valence-electron chi connectivity index (χ1n) is 6.71. The monoisotopic (exact) mass is 240 g/mol. The van der Waals surface area contributed by atoms with Crippen molar-refractivity contribution >= 4 is 5.91 Å². The number of carbonyl (C=O) groups is 1. The van der Waals surface area contributed by atoms with E-state index in [1.807, 2.05) is 0 Å². The molecule has 2 aliphatic rings. The fourth-order valence-corrected chi connectivity index (χ4v) is 2.69. The van der Waals surface area contributed by atoms with Gasteiger partial charge in [-0.25, -0.2) is 5.01 Å². The SMILES string of the molecule is CC1CCCC(C)N1NC(=O)C1CNCCN1. The van der Waals surface area contributed by atoms with Gasteiger partial charge in [-0.1, -0.05) is 6.42 Å². The quantitative estimate of drug-likeness (QED) is 0.628. The van der Waals surface area contributed by atoms with Crippen molar-refractivity contribution in [3.63, 3.8) is 0 Å². The van der Waals surface area contributed by atoms with Crippen LogP contribution < -0.4 is 16.1 Å². The number of hydrogen-bond donors (Lipinski definition) is 3. The van der Waals surface area contributed by atoms with E-state index in [0.717, 1.165) is 19.6 Å². The lowest BCUT2D eigenvalue weighted by atomic mass is 10.00. The van der Waals surface area contributed by atoms with Crippen LogP contribution in [0.2, 0.25) is 0 Å². The van der Waals surface area contributed by atoms with E-state index in [0.29, 0.717) is 12.1 Å². The minimum atomic E-state index is -0.0925. The van der Waals surface area contributed by atoms with Crippen LogP contribution in [0.1, 0.15) is 33.1 Å². The van der Waals surface area contributed by atoms with Crippen molar-refractivity contribution in [2.75, 3.05) is 19.6 Å². The number of carbonyl (C=O) groups excluding carboxylic acids is 1. The van der Waals surface area contributed by atoms with Gasteiger partial charge in [0, 0.05) is 31.7 Å². The number of rotatable bonds is 2. The molecule has 3 N–H and O–H groups in total. The summed E-state index contributed by atoms with van der Waals surface area (Å²) in [4.78, 5) is 12.1. The summed E-state index contributed by atoms with van der Waals surface area (Å²) >= 11 is 0. The first-order valence-corrected chi connectivity index (χ1v) is 6.71. The van der Waals surface area contributed by atoms with Crippen molar-refractivity contribution in [1.29, 1.82) is 0 Å². The van der Waals surface area contributed by atoms with E-state index in [-0.39, 0.29) is 11.9 Å². The number of amides is 1. The Balaban J connectivity index is 1.87. The van der Waals surface area contributed by atoms with Crippen LogP contribution in [0.5, 0.6) is 0 Å². The van der Waals surface area contributed by atoms with Gasteiger partial charge in [-0.2, -0.15) is 0 Å². The van der Waals surface area contributed by atoms with Crippen molar-refractivity contribution in [3.05, 3.63) is 0 Å². The van der Waals surface area contributed by atoms with Crippen LogP contribution in [0.4, 0.5) is 0 Å². The normalized spacial score (nSPS) is 35.5. The van der Waals surface area contributed by atoms with E-state index < -0.39 is 0 Å². The van der Waals surface area contributed by atoms with Gasteiger partial charge in [0.25, 0.3) is 5.91 Å².